The van der Waals surface area contributed by atoms with Gasteiger partial charge in [-0.05, 0) is 48.9 Å². The maximum absolute atomic E-state index is 13.9. The molecule has 194 valence electrons. The molecule has 0 fully saturated rings. The molecule has 39 heavy (non-hydrogen) atoms. The number of carbonyl (C=O) groups excluding carboxylic acids is 2. The molecule has 5 aromatic rings. The van der Waals surface area contributed by atoms with E-state index in [-0.39, 0.29) is 11.5 Å². The average Bonchev–Trinajstić information content (AvgIpc) is 3.33. The van der Waals surface area contributed by atoms with Crippen LogP contribution in [0.4, 0.5) is 15.2 Å². The zero-order valence-corrected chi connectivity index (χ0v) is 22.6. The number of amides is 2. The van der Waals surface area contributed by atoms with Crippen LogP contribution in [0.15, 0.2) is 114 Å². The summed E-state index contributed by atoms with van der Waals surface area (Å²) >= 11 is 2.84. The predicted molar refractivity (Wildman–Crippen MR) is 157 cm³/mol. The number of anilines is 2. The number of thioether (sulfide) groups is 1. The molecule has 0 aliphatic heterocycles. The molecule has 2 amide bonds. The van der Waals surface area contributed by atoms with E-state index in [4.69, 9.17) is 0 Å². The summed E-state index contributed by atoms with van der Waals surface area (Å²) in [6, 6.07) is 32.4. The van der Waals surface area contributed by atoms with Crippen LogP contribution in [-0.2, 0) is 4.79 Å². The molecule has 5 rings (SSSR count). The molecule has 1 atom stereocenters. The van der Waals surface area contributed by atoms with Crippen LogP contribution in [0.25, 0.3) is 11.3 Å². The lowest BCUT2D eigenvalue weighted by atomic mass is 10.1. The second-order valence-corrected chi connectivity index (χ2v) is 11.0. The summed E-state index contributed by atoms with van der Waals surface area (Å²) in [6.45, 7) is 1.99. The number of benzene rings is 4. The predicted octanol–water partition coefficient (Wildman–Crippen LogP) is 7.98. The summed E-state index contributed by atoms with van der Waals surface area (Å²) in [7, 11) is 0. The van der Waals surface area contributed by atoms with E-state index < -0.39 is 17.0 Å². The average molecular weight is 554 g/mol. The summed E-state index contributed by atoms with van der Waals surface area (Å²) in [5, 5.41) is 5.73. The third kappa shape index (κ3) is 6.42. The van der Waals surface area contributed by atoms with E-state index in [1.165, 1.54) is 41.3 Å². The molecule has 8 heteroatoms. The van der Waals surface area contributed by atoms with Crippen molar-refractivity contribution in [2.45, 2.75) is 17.1 Å². The van der Waals surface area contributed by atoms with Gasteiger partial charge in [-0.15, -0.1) is 23.1 Å². The van der Waals surface area contributed by atoms with Gasteiger partial charge in [0.05, 0.1) is 11.3 Å². The van der Waals surface area contributed by atoms with Gasteiger partial charge >= 0.3 is 0 Å². The fraction of sp³-hybridized carbons (Fsp3) is 0.0645. The lowest BCUT2D eigenvalue weighted by molar-refractivity contribution is -0.115. The Morgan fingerprint density at radius 3 is 2.15 bits per heavy atom. The van der Waals surface area contributed by atoms with E-state index in [0.717, 1.165) is 26.6 Å². The van der Waals surface area contributed by atoms with Gasteiger partial charge in [-0.3, -0.25) is 9.59 Å². The zero-order valence-electron chi connectivity index (χ0n) is 20.9. The Morgan fingerprint density at radius 2 is 1.46 bits per heavy atom. The number of nitrogens with one attached hydrogen (secondary N) is 2. The smallest absolute Gasteiger partial charge is 0.258 e. The molecule has 5 nitrogen and oxygen atoms in total. The molecule has 0 saturated carbocycles. The van der Waals surface area contributed by atoms with Crippen molar-refractivity contribution in [3.63, 3.8) is 0 Å². The number of hydrogen-bond donors (Lipinski definition) is 2. The molecule has 0 aliphatic carbocycles. The second kappa shape index (κ2) is 12.1. The molecule has 2 N–H and O–H groups in total. The van der Waals surface area contributed by atoms with Gasteiger partial charge in [0.25, 0.3) is 5.91 Å². The van der Waals surface area contributed by atoms with Crippen LogP contribution >= 0.6 is 23.1 Å². The van der Waals surface area contributed by atoms with Gasteiger partial charge in [0.1, 0.15) is 11.1 Å². The lowest BCUT2D eigenvalue weighted by Gasteiger charge is -2.16. The summed E-state index contributed by atoms with van der Waals surface area (Å²) < 4.78 is 13.9. The molecule has 0 radical (unpaired) electrons. The van der Waals surface area contributed by atoms with Gasteiger partial charge in [0, 0.05) is 21.0 Å². The van der Waals surface area contributed by atoms with Crippen LogP contribution in [-0.4, -0.2) is 16.8 Å². The molecule has 1 unspecified atom stereocenters. The van der Waals surface area contributed by atoms with Gasteiger partial charge in [0.15, 0.2) is 5.13 Å². The minimum absolute atomic E-state index is 0.0235. The number of halogens is 1. The fourth-order valence-corrected chi connectivity index (χ4v) is 5.85. The summed E-state index contributed by atoms with van der Waals surface area (Å²) in [5.74, 6) is -1.29. The molecular formula is C31H24FN3O2S2. The van der Waals surface area contributed by atoms with E-state index in [1.54, 1.807) is 18.2 Å². The summed E-state index contributed by atoms with van der Waals surface area (Å²) in [4.78, 5) is 32.5. The first kappa shape index (κ1) is 26.3. The molecule has 0 aliphatic rings. The number of carbonyl (C=O) groups is 2. The zero-order chi connectivity index (χ0) is 27.2. The number of hydrogen-bond acceptors (Lipinski definition) is 5. The first-order chi connectivity index (χ1) is 19.0. The first-order valence-electron chi connectivity index (χ1n) is 12.2. The fourth-order valence-electron chi connectivity index (χ4n) is 3.98. The monoisotopic (exact) mass is 553 g/mol. The van der Waals surface area contributed by atoms with Gasteiger partial charge in [-0.2, -0.15) is 0 Å². The van der Waals surface area contributed by atoms with Crippen molar-refractivity contribution in [2.24, 2.45) is 0 Å². The van der Waals surface area contributed by atoms with Crippen molar-refractivity contribution >= 4 is 45.7 Å². The van der Waals surface area contributed by atoms with Gasteiger partial charge in [0.2, 0.25) is 5.91 Å². The lowest BCUT2D eigenvalue weighted by Crippen LogP contribution is -2.19. The van der Waals surface area contributed by atoms with Crippen molar-refractivity contribution in [1.82, 2.24) is 4.98 Å². The minimum atomic E-state index is -0.579. The van der Waals surface area contributed by atoms with Crippen molar-refractivity contribution in [3.05, 3.63) is 131 Å². The highest BCUT2D eigenvalue weighted by molar-refractivity contribution is 8.00. The maximum Gasteiger partial charge on any atom is 0.258 e. The second-order valence-electron chi connectivity index (χ2n) is 8.65. The van der Waals surface area contributed by atoms with E-state index in [2.05, 4.69) is 15.6 Å². The molecule has 0 saturated heterocycles. The normalized spacial score (nSPS) is 11.5. The number of aromatic nitrogens is 1. The highest BCUT2D eigenvalue weighted by Crippen LogP contribution is 2.38. The highest BCUT2D eigenvalue weighted by atomic mass is 32.2. The third-order valence-corrected chi connectivity index (χ3v) is 8.05. The number of nitrogens with zero attached hydrogens (tertiary/aromatic N) is 1. The van der Waals surface area contributed by atoms with E-state index in [0.29, 0.717) is 10.8 Å². The van der Waals surface area contributed by atoms with Gasteiger partial charge in [-0.1, -0.05) is 72.8 Å². The number of aryl methyl sites for hydroxylation is 1. The Labute approximate surface area is 234 Å². The van der Waals surface area contributed by atoms with Crippen molar-refractivity contribution in [1.29, 1.82) is 0 Å². The Morgan fingerprint density at radius 1 is 0.821 bits per heavy atom. The molecule has 4 aromatic carbocycles. The Balaban J connectivity index is 1.32. The SMILES string of the molecule is Cc1sc(NC(=O)C(Sc2ccc(NC(=O)c3ccccc3F)cc2)c2ccccc2)nc1-c1ccccc1. The quantitative estimate of drug-likeness (QED) is 0.191. The molecular weight excluding hydrogens is 529 g/mol. The largest absolute Gasteiger partial charge is 0.322 e. The van der Waals surface area contributed by atoms with Crippen molar-refractivity contribution in [2.75, 3.05) is 10.6 Å². The van der Waals surface area contributed by atoms with Crippen molar-refractivity contribution in [3.8, 4) is 11.3 Å². The standard InChI is InChI=1S/C31H24FN3O2S2/c1-20-27(21-10-4-2-5-11-21)34-31(38-20)35-30(37)28(22-12-6-3-7-13-22)39-24-18-16-23(17-19-24)33-29(36)25-14-8-9-15-26(25)32/h2-19,28H,1H3,(H,33,36)(H,34,35,37). The maximum atomic E-state index is 13.9. The Kier molecular flexibility index (Phi) is 8.15. The Bertz CT molecular complexity index is 1590. The topological polar surface area (TPSA) is 71.1 Å². The van der Waals surface area contributed by atoms with E-state index in [1.807, 2.05) is 79.7 Å². The van der Waals surface area contributed by atoms with Crippen molar-refractivity contribution < 1.29 is 14.0 Å². The van der Waals surface area contributed by atoms with Crippen LogP contribution < -0.4 is 10.6 Å². The van der Waals surface area contributed by atoms with E-state index >= 15 is 0 Å². The number of rotatable bonds is 8. The van der Waals surface area contributed by atoms with Crippen LogP contribution in [0.3, 0.4) is 0 Å². The number of thiazole rings is 1. The molecule has 1 aromatic heterocycles. The first-order valence-corrected chi connectivity index (χ1v) is 13.9. The van der Waals surface area contributed by atoms with Crippen LogP contribution in [0.1, 0.15) is 26.0 Å². The van der Waals surface area contributed by atoms with E-state index in [9.17, 15) is 14.0 Å². The Hall–Kier alpha value is -4.27. The third-order valence-electron chi connectivity index (χ3n) is 5.90. The summed E-state index contributed by atoms with van der Waals surface area (Å²) in [5.41, 5.74) is 3.22. The van der Waals surface area contributed by atoms with Gasteiger partial charge in [-0.25, -0.2) is 9.37 Å². The molecule has 1 heterocycles. The molecule has 0 spiro atoms. The van der Waals surface area contributed by atoms with Crippen LogP contribution in [0, 0.1) is 12.7 Å². The summed E-state index contributed by atoms with van der Waals surface area (Å²) in [6.07, 6.45) is 0. The van der Waals surface area contributed by atoms with Crippen LogP contribution in [0.5, 0.6) is 0 Å². The highest BCUT2D eigenvalue weighted by Gasteiger charge is 2.24. The van der Waals surface area contributed by atoms with Gasteiger partial charge < -0.3 is 10.6 Å². The van der Waals surface area contributed by atoms with Crippen LogP contribution in [0.2, 0.25) is 0 Å². The minimum Gasteiger partial charge on any atom is -0.322 e. The molecule has 0 bridgehead atoms.